The molecule has 22 heavy (non-hydrogen) atoms. The van der Waals surface area contributed by atoms with E-state index in [4.69, 9.17) is 4.42 Å². The minimum absolute atomic E-state index is 0.586. The van der Waals surface area contributed by atoms with E-state index in [9.17, 15) is 0 Å². The Balaban J connectivity index is 1.82. The highest BCUT2D eigenvalue weighted by Crippen LogP contribution is 2.34. The van der Waals surface area contributed by atoms with Crippen molar-refractivity contribution in [1.29, 1.82) is 0 Å². The van der Waals surface area contributed by atoms with Gasteiger partial charge in [-0.05, 0) is 25.1 Å². The maximum Gasteiger partial charge on any atom is 0.204 e. The SMILES string of the molecule is Cc1ccc2c(-c3ccc(-c4nn[nH]n4)cc3)oc(C)c2c1. The molecule has 4 rings (SSSR count). The first-order chi connectivity index (χ1) is 10.7. The number of aromatic nitrogens is 4. The molecule has 2 aromatic heterocycles. The Hall–Kier alpha value is -2.95. The molecular weight excluding hydrogens is 276 g/mol. The van der Waals surface area contributed by atoms with Gasteiger partial charge in [0, 0.05) is 21.9 Å². The molecule has 0 amide bonds. The van der Waals surface area contributed by atoms with E-state index in [0.29, 0.717) is 5.82 Å². The van der Waals surface area contributed by atoms with E-state index >= 15 is 0 Å². The zero-order chi connectivity index (χ0) is 15.1. The molecular formula is C17H14N4O. The number of aryl methyl sites for hydroxylation is 2. The average Bonchev–Trinajstić information content (AvgIpc) is 3.16. The minimum Gasteiger partial charge on any atom is -0.460 e. The van der Waals surface area contributed by atoms with Crippen LogP contribution in [-0.4, -0.2) is 20.6 Å². The third kappa shape index (κ3) is 1.98. The van der Waals surface area contributed by atoms with E-state index in [1.54, 1.807) is 0 Å². The van der Waals surface area contributed by atoms with Crippen molar-refractivity contribution in [1.82, 2.24) is 20.6 Å². The largest absolute Gasteiger partial charge is 0.460 e. The maximum absolute atomic E-state index is 5.99. The number of H-pyrrole nitrogens is 1. The molecule has 0 atom stereocenters. The molecule has 2 heterocycles. The second kappa shape index (κ2) is 4.80. The fourth-order valence-corrected chi connectivity index (χ4v) is 2.68. The molecule has 4 aromatic rings. The number of hydrogen-bond acceptors (Lipinski definition) is 4. The highest BCUT2D eigenvalue weighted by molar-refractivity contribution is 5.96. The second-order valence-corrected chi connectivity index (χ2v) is 5.35. The van der Waals surface area contributed by atoms with Crippen molar-refractivity contribution in [2.75, 3.05) is 0 Å². The summed E-state index contributed by atoms with van der Waals surface area (Å²) in [4.78, 5) is 0. The van der Waals surface area contributed by atoms with Crippen molar-refractivity contribution in [3.8, 4) is 22.7 Å². The topological polar surface area (TPSA) is 67.6 Å². The molecule has 2 aromatic carbocycles. The number of tetrazole rings is 1. The summed E-state index contributed by atoms with van der Waals surface area (Å²) in [5, 5.41) is 16.3. The first-order valence-corrected chi connectivity index (χ1v) is 7.06. The molecule has 0 radical (unpaired) electrons. The number of nitrogens with zero attached hydrogens (tertiary/aromatic N) is 3. The van der Waals surface area contributed by atoms with Gasteiger partial charge in [0.1, 0.15) is 11.5 Å². The third-order valence-corrected chi connectivity index (χ3v) is 3.80. The molecule has 0 bridgehead atoms. The number of nitrogens with one attached hydrogen (secondary N) is 1. The van der Waals surface area contributed by atoms with Gasteiger partial charge in [0.2, 0.25) is 5.82 Å². The minimum atomic E-state index is 0.586. The Morgan fingerprint density at radius 1 is 0.909 bits per heavy atom. The summed E-state index contributed by atoms with van der Waals surface area (Å²) in [6.07, 6.45) is 0. The number of rotatable bonds is 2. The zero-order valence-electron chi connectivity index (χ0n) is 12.3. The summed E-state index contributed by atoms with van der Waals surface area (Å²) in [6, 6.07) is 14.4. The first-order valence-electron chi connectivity index (χ1n) is 7.06. The van der Waals surface area contributed by atoms with Crippen LogP contribution in [0.15, 0.2) is 46.9 Å². The van der Waals surface area contributed by atoms with Crippen molar-refractivity contribution >= 4 is 10.8 Å². The van der Waals surface area contributed by atoms with Gasteiger partial charge in [-0.3, -0.25) is 0 Å². The average molecular weight is 290 g/mol. The summed E-state index contributed by atoms with van der Waals surface area (Å²) in [5.41, 5.74) is 3.19. The van der Waals surface area contributed by atoms with Crippen molar-refractivity contribution in [3.63, 3.8) is 0 Å². The van der Waals surface area contributed by atoms with Crippen LogP contribution in [-0.2, 0) is 0 Å². The van der Waals surface area contributed by atoms with Gasteiger partial charge in [-0.1, -0.05) is 42.0 Å². The lowest BCUT2D eigenvalue weighted by Gasteiger charge is -2.00. The van der Waals surface area contributed by atoms with E-state index in [-0.39, 0.29) is 0 Å². The van der Waals surface area contributed by atoms with E-state index in [2.05, 4.69) is 45.7 Å². The van der Waals surface area contributed by atoms with Crippen LogP contribution < -0.4 is 0 Å². The van der Waals surface area contributed by atoms with Crippen LogP contribution >= 0.6 is 0 Å². The predicted molar refractivity (Wildman–Crippen MR) is 84.3 cm³/mol. The van der Waals surface area contributed by atoms with E-state index < -0.39 is 0 Å². The Morgan fingerprint density at radius 3 is 2.41 bits per heavy atom. The number of aromatic amines is 1. The molecule has 0 fully saturated rings. The molecule has 0 saturated carbocycles. The predicted octanol–water partition coefficient (Wildman–Crippen LogP) is 3.90. The van der Waals surface area contributed by atoms with Crippen LogP contribution in [0.1, 0.15) is 11.3 Å². The number of furan rings is 1. The van der Waals surface area contributed by atoms with Crippen LogP contribution in [0.25, 0.3) is 33.5 Å². The van der Waals surface area contributed by atoms with Crippen LogP contribution in [0.5, 0.6) is 0 Å². The molecule has 5 heteroatoms. The summed E-state index contributed by atoms with van der Waals surface area (Å²) >= 11 is 0. The zero-order valence-corrected chi connectivity index (χ0v) is 12.3. The number of fused-ring (bicyclic) bond motifs is 1. The summed E-state index contributed by atoms with van der Waals surface area (Å²) in [7, 11) is 0. The van der Waals surface area contributed by atoms with Gasteiger partial charge in [-0.15, -0.1) is 10.2 Å². The first kappa shape index (κ1) is 12.8. The Bertz CT molecular complexity index is 937. The monoisotopic (exact) mass is 290 g/mol. The van der Waals surface area contributed by atoms with Crippen LogP contribution in [0.3, 0.4) is 0 Å². The van der Waals surface area contributed by atoms with Crippen LogP contribution in [0.2, 0.25) is 0 Å². The fourth-order valence-electron chi connectivity index (χ4n) is 2.68. The highest BCUT2D eigenvalue weighted by atomic mass is 16.3. The van der Waals surface area contributed by atoms with Gasteiger partial charge >= 0.3 is 0 Å². The van der Waals surface area contributed by atoms with Gasteiger partial charge in [0.25, 0.3) is 0 Å². The molecule has 5 nitrogen and oxygen atoms in total. The standard InChI is InChI=1S/C17H14N4O/c1-10-3-8-14-15(9-10)11(2)22-16(14)12-4-6-13(7-5-12)17-18-20-21-19-17/h3-9H,1-2H3,(H,18,19,20,21). The fraction of sp³-hybridized carbons (Fsp3) is 0.118. The van der Waals surface area contributed by atoms with Gasteiger partial charge in [0.05, 0.1) is 0 Å². The number of hydrogen-bond donors (Lipinski definition) is 1. The Morgan fingerprint density at radius 2 is 1.68 bits per heavy atom. The van der Waals surface area contributed by atoms with Gasteiger partial charge in [0.15, 0.2) is 0 Å². The maximum atomic E-state index is 5.99. The molecule has 0 unspecified atom stereocenters. The molecule has 0 saturated heterocycles. The van der Waals surface area contributed by atoms with E-state index in [1.165, 1.54) is 5.56 Å². The van der Waals surface area contributed by atoms with Gasteiger partial charge in [-0.25, -0.2) is 0 Å². The second-order valence-electron chi connectivity index (χ2n) is 5.35. The van der Waals surface area contributed by atoms with Crippen LogP contribution in [0, 0.1) is 13.8 Å². The summed E-state index contributed by atoms with van der Waals surface area (Å²) in [5.74, 6) is 2.42. The van der Waals surface area contributed by atoms with E-state index in [1.807, 2.05) is 31.2 Å². The lowest BCUT2D eigenvalue weighted by atomic mass is 10.0. The van der Waals surface area contributed by atoms with Crippen molar-refractivity contribution in [2.45, 2.75) is 13.8 Å². The normalized spacial score (nSPS) is 11.2. The molecule has 0 aliphatic rings. The quantitative estimate of drug-likeness (QED) is 0.608. The van der Waals surface area contributed by atoms with Gasteiger partial charge < -0.3 is 4.42 Å². The van der Waals surface area contributed by atoms with Crippen molar-refractivity contribution < 1.29 is 4.42 Å². The molecule has 1 N–H and O–H groups in total. The van der Waals surface area contributed by atoms with Crippen molar-refractivity contribution in [2.24, 2.45) is 0 Å². The lowest BCUT2D eigenvalue weighted by Crippen LogP contribution is -1.82. The van der Waals surface area contributed by atoms with E-state index in [0.717, 1.165) is 33.4 Å². The Kier molecular flexibility index (Phi) is 2.79. The lowest BCUT2D eigenvalue weighted by molar-refractivity contribution is 0.553. The smallest absolute Gasteiger partial charge is 0.204 e. The molecule has 108 valence electrons. The summed E-state index contributed by atoms with van der Waals surface area (Å²) < 4.78 is 5.99. The van der Waals surface area contributed by atoms with Crippen molar-refractivity contribution in [3.05, 3.63) is 53.8 Å². The summed E-state index contributed by atoms with van der Waals surface area (Å²) in [6.45, 7) is 4.09. The third-order valence-electron chi connectivity index (χ3n) is 3.80. The van der Waals surface area contributed by atoms with Gasteiger partial charge in [-0.2, -0.15) is 5.21 Å². The molecule has 0 spiro atoms. The highest BCUT2D eigenvalue weighted by Gasteiger charge is 2.13. The molecule has 0 aliphatic heterocycles. The molecule has 0 aliphatic carbocycles. The van der Waals surface area contributed by atoms with Crippen LogP contribution in [0.4, 0.5) is 0 Å². The number of benzene rings is 2. The Labute approximate surface area is 127 Å².